The van der Waals surface area contributed by atoms with Crippen molar-refractivity contribution in [3.8, 4) is 0 Å². The summed E-state index contributed by atoms with van der Waals surface area (Å²) in [5.74, 6) is -3.29. The first-order chi connectivity index (χ1) is 23.4. The Labute approximate surface area is 299 Å². The lowest BCUT2D eigenvalue weighted by molar-refractivity contribution is -0.286. The average molecular weight is 713 g/mol. The van der Waals surface area contributed by atoms with Gasteiger partial charge < -0.3 is 28.8 Å². The molecule has 1 heterocycles. The fourth-order valence-corrected chi connectivity index (χ4v) is 11.3. The van der Waals surface area contributed by atoms with Gasteiger partial charge in [0.25, 0.3) is 0 Å². The minimum atomic E-state index is -1.40. The molecule has 1 aliphatic heterocycles. The molecule has 0 spiro atoms. The molecule has 1 saturated heterocycles. The summed E-state index contributed by atoms with van der Waals surface area (Å²) in [6, 6.07) is 7.97. The third-order valence-corrected chi connectivity index (χ3v) is 13.2. The molecule has 3 aliphatic carbocycles. The smallest absolute Gasteiger partial charge is 0.303 e. The normalized spacial score (nSPS) is 37.3. The van der Waals surface area contributed by atoms with Gasteiger partial charge in [-0.3, -0.25) is 19.2 Å². The van der Waals surface area contributed by atoms with Gasteiger partial charge in [-0.15, -0.1) is 11.8 Å². The Morgan fingerprint density at radius 2 is 1.64 bits per heavy atom. The number of aliphatic hydroxyl groups is 1. The molecule has 1 aromatic carbocycles. The summed E-state index contributed by atoms with van der Waals surface area (Å²) in [6.45, 7) is 16.5. The fourth-order valence-electron chi connectivity index (χ4n) is 10.6. The van der Waals surface area contributed by atoms with E-state index < -0.39 is 75.9 Å². The molecule has 1 N–H and O–H groups in total. The lowest BCUT2D eigenvalue weighted by atomic mass is 9.36. The van der Waals surface area contributed by atoms with Crippen LogP contribution in [0.4, 0.5) is 0 Å². The molecular formula is C39H52O10S. The quantitative estimate of drug-likeness (QED) is 0.134. The molecule has 11 heteroatoms. The highest BCUT2D eigenvalue weighted by Crippen LogP contribution is 2.72. The zero-order valence-corrected chi connectivity index (χ0v) is 31.4. The molecule has 5 rings (SSSR count). The van der Waals surface area contributed by atoms with Crippen molar-refractivity contribution in [1.29, 1.82) is 0 Å². The first-order valence-corrected chi connectivity index (χ1v) is 18.6. The molecule has 4 aliphatic rings. The lowest BCUT2D eigenvalue weighted by Gasteiger charge is -2.70. The van der Waals surface area contributed by atoms with Gasteiger partial charge in [-0.05, 0) is 72.6 Å². The molecule has 50 heavy (non-hydrogen) atoms. The Balaban J connectivity index is 1.71. The largest absolute Gasteiger partial charge is 0.466 e. The molecule has 2 saturated carbocycles. The second-order valence-electron chi connectivity index (χ2n) is 15.2. The second kappa shape index (κ2) is 14.1. The molecule has 0 amide bonds. The maximum atomic E-state index is 13.1. The summed E-state index contributed by atoms with van der Waals surface area (Å²) in [5, 5.41) is 13.1. The van der Waals surface area contributed by atoms with E-state index >= 15 is 0 Å². The highest BCUT2D eigenvalue weighted by molar-refractivity contribution is 7.98. The highest BCUT2D eigenvalue weighted by Gasteiger charge is 2.76. The number of hydrogen-bond acceptors (Lipinski definition) is 11. The van der Waals surface area contributed by atoms with Gasteiger partial charge in [-0.25, -0.2) is 0 Å². The minimum absolute atomic E-state index is 0.0672. The van der Waals surface area contributed by atoms with Crippen molar-refractivity contribution in [2.45, 2.75) is 103 Å². The van der Waals surface area contributed by atoms with Crippen LogP contribution in [0.25, 0.3) is 5.57 Å². The predicted molar refractivity (Wildman–Crippen MR) is 188 cm³/mol. The number of thioether (sulfide) groups is 1. The summed E-state index contributed by atoms with van der Waals surface area (Å²) in [7, 11) is 0. The van der Waals surface area contributed by atoms with Crippen LogP contribution in [0.1, 0.15) is 79.7 Å². The SMILES string of the molecule is C=C(C[C@@]1(O)C(C)=C[C@@H](OC(C)=O)[C@]2(C)C3[C@H](OC(C)=O)[C@H](OC(C)=O)[C@@]4(CCOC(C)=O)COC[C@H]4[C@]3(C)CC[C@H]21)c1ccccc1SC. The Hall–Kier alpha value is -3.15. The van der Waals surface area contributed by atoms with Gasteiger partial charge >= 0.3 is 23.9 Å². The molecule has 1 unspecified atom stereocenters. The summed E-state index contributed by atoms with van der Waals surface area (Å²) < 4.78 is 30.3. The molecular weight excluding hydrogens is 660 g/mol. The van der Waals surface area contributed by atoms with Crippen LogP contribution < -0.4 is 0 Å². The van der Waals surface area contributed by atoms with Gasteiger partial charge in [0.15, 0.2) is 0 Å². The third-order valence-electron chi connectivity index (χ3n) is 12.4. The van der Waals surface area contributed by atoms with E-state index in [1.807, 2.05) is 50.4 Å². The fraction of sp³-hybridized carbons (Fsp3) is 0.641. The first-order valence-electron chi connectivity index (χ1n) is 17.4. The van der Waals surface area contributed by atoms with Crippen molar-refractivity contribution in [2.24, 2.45) is 34.0 Å². The first kappa shape index (κ1) is 38.1. The van der Waals surface area contributed by atoms with Gasteiger partial charge in [0, 0.05) is 61.7 Å². The number of fused-ring (bicyclic) bond motifs is 5. The van der Waals surface area contributed by atoms with E-state index in [1.54, 1.807) is 11.8 Å². The van der Waals surface area contributed by atoms with E-state index in [1.165, 1.54) is 27.7 Å². The van der Waals surface area contributed by atoms with Crippen LogP contribution in [0.2, 0.25) is 0 Å². The van der Waals surface area contributed by atoms with Crippen molar-refractivity contribution in [1.82, 2.24) is 0 Å². The van der Waals surface area contributed by atoms with Crippen molar-refractivity contribution < 1.29 is 48.0 Å². The van der Waals surface area contributed by atoms with E-state index in [-0.39, 0.29) is 25.6 Å². The minimum Gasteiger partial charge on any atom is -0.466 e. The van der Waals surface area contributed by atoms with Crippen molar-refractivity contribution in [2.75, 3.05) is 26.1 Å². The summed E-state index contributed by atoms with van der Waals surface area (Å²) >= 11 is 1.61. The standard InChI is InChI=1S/C39H52O10S/c1-22(28-12-10-11-13-29(28)50-9)19-39(44)23(2)18-32(47-25(4)41)37(8)30(39)14-15-36(7)31-20-45-21-38(31,16-17-46-24(3)40)35(49-27(6)43)33(34(36)37)48-26(5)42/h10-13,18,30-35,44H,1,14-17,19-21H2,2-9H3/t30-,31+,32-,33+,34?,35+,36+,37-,38+,39-/m1/s1. The van der Waals surface area contributed by atoms with Crippen molar-refractivity contribution in [3.63, 3.8) is 0 Å². The Morgan fingerprint density at radius 1 is 0.980 bits per heavy atom. The van der Waals surface area contributed by atoms with Crippen LogP contribution in [0.3, 0.4) is 0 Å². The summed E-state index contributed by atoms with van der Waals surface area (Å²) in [5.41, 5.74) is -1.48. The van der Waals surface area contributed by atoms with E-state index in [2.05, 4.69) is 13.5 Å². The topological polar surface area (TPSA) is 135 Å². The zero-order valence-electron chi connectivity index (χ0n) is 30.5. The molecule has 1 aromatic rings. The van der Waals surface area contributed by atoms with Crippen LogP contribution in [-0.2, 0) is 42.9 Å². The molecule has 0 aromatic heterocycles. The number of carbonyl (C=O) groups is 4. The molecule has 10 nitrogen and oxygen atoms in total. The van der Waals surface area contributed by atoms with Gasteiger partial charge in [0.05, 0.1) is 25.4 Å². The summed E-state index contributed by atoms with van der Waals surface area (Å²) in [6.07, 6.45) is 2.80. The second-order valence-corrected chi connectivity index (χ2v) is 16.1. The zero-order chi connectivity index (χ0) is 36.8. The van der Waals surface area contributed by atoms with Crippen LogP contribution in [-0.4, -0.2) is 79.0 Å². The number of benzene rings is 1. The molecule has 10 atom stereocenters. The Bertz CT molecular complexity index is 1570. The third kappa shape index (κ3) is 6.32. The maximum absolute atomic E-state index is 13.1. The lowest BCUT2D eigenvalue weighted by Crippen LogP contribution is -2.74. The molecule has 3 fully saturated rings. The van der Waals surface area contributed by atoms with Crippen LogP contribution in [0.15, 0.2) is 47.4 Å². The Morgan fingerprint density at radius 3 is 2.26 bits per heavy atom. The molecule has 274 valence electrons. The van der Waals surface area contributed by atoms with Gasteiger partial charge in [0.1, 0.15) is 18.3 Å². The van der Waals surface area contributed by atoms with Crippen molar-refractivity contribution in [3.05, 3.63) is 48.1 Å². The number of carbonyl (C=O) groups excluding carboxylic acids is 4. The van der Waals surface area contributed by atoms with Gasteiger partial charge in [-0.2, -0.15) is 0 Å². The molecule has 0 bridgehead atoms. The number of hydrogen-bond donors (Lipinski definition) is 1. The average Bonchev–Trinajstić information content (AvgIpc) is 3.47. The van der Waals surface area contributed by atoms with Crippen LogP contribution >= 0.6 is 11.8 Å². The number of esters is 4. The maximum Gasteiger partial charge on any atom is 0.303 e. The van der Waals surface area contributed by atoms with E-state index in [4.69, 9.17) is 23.7 Å². The van der Waals surface area contributed by atoms with E-state index in [9.17, 15) is 24.3 Å². The van der Waals surface area contributed by atoms with E-state index in [0.717, 1.165) is 16.0 Å². The van der Waals surface area contributed by atoms with Crippen LogP contribution in [0.5, 0.6) is 0 Å². The summed E-state index contributed by atoms with van der Waals surface area (Å²) in [4.78, 5) is 51.7. The molecule has 0 radical (unpaired) electrons. The monoisotopic (exact) mass is 712 g/mol. The highest BCUT2D eigenvalue weighted by atomic mass is 32.2. The van der Waals surface area contributed by atoms with Gasteiger partial charge in [0.2, 0.25) is 0 Å². The Kier molecular flexibility index (Phi) is 10.7. The van der Waals surface area contributed by atoms with Gasteiger partial charge in [-0.1, -0.05) is 38.6 Å². The number of rotatable bonds is 10. The van der Waals surface area contributed by atoms with E-state index in [0.29, 0.717) is 31.4 Å². The number of ether oxygens (including phenoxy) is 5. The van der Waals surface area contributed by atoms with Crippen LogP contribution in [0, 0.1) is 34.0 Å². The predicted octanol–water partition coefficient (Wildman–Crippen LogP) is 5.94. The van der Waals surface area contributed by atoms with Crippen molar-refractivity contribution >= 4 is 41.2 Å².